The third-order valence-corrected chi connectivity index (χ3v) is 2.96. The monoisotopic (exact) mass is 301 g/mol. The molecule has 0 radical (unpaired) electrons. The summed E-state index contributed by atoms with van der Waals surface area (Å²) in [5, 5.41) is 5.65. The fourth-order valence-corrected chi connectivity index (χ4v) is 1.91. The Morgan fingerprint density at radius 1 is 1.30 bits per heavy atom. The van der Waals surface area contributed by atoms with Crippen LogP contribution in [0.4, 0.5) is 4.39 Å². The Balaban J connectivity index is 0.00000200. The Kier molecular flexibility index (Phi) is 6.41. The minimum absolute atomic E-state index is 0. The molecule has 0 saturated carbocycles. The van der Waals surface area contributed by atoms with Crippen LogP contribution < -0.4 is 10.6 Å². The minimum Gasteiger partial charge on any atom is -0.343 e. The van der Waals surface area contributed by atoms with Crippen LogP contribution in [-0.4, -0.2) is 49.4 Å². The quantitative estimate of drug-likeness (QED) is 0.850. The number of amides is 2. The molecule has 2 rings (SSSR count). The zero-order valence-electron chi connectivity index (χ0n) is 10.9. The van der Waals surface area contributed by atoms with Crippen molar-refractivity contribution in [3.63, 3.8) is 0 Å². The lowest BCUT2D eigenvalue weighted by Gasteiger charge is -2.27. The van der Waals surface area contributed by atoms with Crippen LogP contribution in [0, 0.1) is 5.82 Å². The molecular formula is C13H17ClFN3O2. The first kappa shape index (κ1) is 16.4. The lowest BCUT2D eigenvalue weighted by atomic mass is 10.2. The van der Waals surface area contributed by atoms with E-state index >= 15 is 0 Å². The van der Waals surface area contributed by atoms with E-state index in [-0.39, 0.29) is 30.4 Å². The largest absolute Gasteiger partial charge is 0.343 e. The van der Waals surface area contributed by atoms with E-state index in [4.69, 9.17) is 0 Å². The second-order valence-corrected chi connectivity index (χ2v) is 4.32. The van der Waals surface area contributed by atoms with Crippen molar-refractivity contribution in [2.75, 3.05) is 32.7 Å². The number of piperazine rings is 1. The zero-order chi connectivity index (χ0) is 13.7. The molecule has 20 heavy (non-hydrogen) atoms. The molecule has 0 atom stereocenters. The molecule has 110 valence electrons. The van der Waals surface area contributed by atoms with Gasteiger partial charge in [0.2, 0.25) is 5.91 Å². The summed E-state index contributed by atoms with van der Waals surface area (Å²) < 4.78 is 13.0. The van der Waals surface area contributed by atoms with Crippen LogP contribution in [0.2, 0.25) is 0 Å². The molecule has 0 bridgehead atoms. The maximum atomic E-state index is 13.0. The van der Waals surface area contributed by atoms with Crippen LogP contribution >= 0.6 is 12.4 Å². The second kappa shape index (κ2) is 7.81. The Bertz CT molecular complexity index is 478. The average molecular weight is 302 g/mol. The van der Waals surface area contributed by atoms with Gasteiger partial charge in [-0.05, 0) is 18.2 Å². The van der Waals surface area contributed by atoms with E-state index in [0.717, 1.165) is 19.2 Å². The van der Waals surface area contributed by atoms with Crippen LogP contribution in [0.25, 0.3) is 0 Å². The molecule has 1 aliphatic heterocycles. The van der Waals surface area contributed by atoms with Crippen LogP contribution in [0.5, 0.6) is 0 Å². The Labute approximate surface area is 122 Å². The number of carbonyl (C=O) groups excluding carboxylic acids is 2. The molecule has 5 nitrogen and oxygen atoms in total. The molecular weight excluding hydrogens is 285 g/mol. The highest BCUT2D eigenvalue weighted by atomic mass is 35.5. The molecule has 7 heteroatoms. The van der Waals surface area contributed by atoms with E-state index in [2.05, 4.69) is 10.6 Å². The normalized spacial score (nSPS) is 14.3. The van der Waals surface area contributed by atoms with Gasteiger partial charge in [-0.15, -0.1) is 12.4 Å². The van der Waals surface area contributed by atoms with E-state index in [1.54, 1.807) is 4.90 Å². The number of hydrogen-bond acceptors (Lipinski definition) is 3. The van der Waals surface area contributed by atoms with E-state index in [1.165, 1.54) is 18.2 Å². The van der Waals surface area contributed by atoms with Crippen molar-refractivity contribution in [2.24, 2.45) is 0 Å². The summed E-state index contributed by atoms with van der Waals surface area (Å²) in [6.07, 6.45) is 0. The van der Waals surface area contributed by atoms with Gasteiger partial charge >= 0.3 is 0 Å². The highest BCUT2D eigenvalue weighted by molar-refractivity contribution is 5.96. The number of carbonyl (C=O) groups is 2. The maximum Gasteiger partial charge on any atom is 0.251 e. The number of nitrogens with one attached hydrogen (secondary N) is 2. The third-order valence-electron chi connectivity index (χ3n) is 2.96. The second-order valence-electron chi connectivity index (χ2n) is 4.32. The number of halogens is 2. The fraction of sp³-hybridized carbons (Fsp3) is 0.385. The van der Waals surface area contributed by atoms with E-state index in [0.29, 0.717) is 13.1 Å². The van der Waals surface area contributed by atoms with Gasteiger partial charge in [-0.25, -0.2) is 4.39 Å². The summed E-state index contributed by atoms with van der Waals surface area (Å²) in [4.78, 5) is 25.2. The predicted molar refractivity (Wildman–Crippen MR) is 75.4 cm³/mol. The first-order valence-corrected chi connectivity index (χ1v) is 6.19. The molecule has 1 aromatic rings. The van der Waals surface area contributed by atoms with Crippen LogP contribution in [-0.2, 0) is 4.79 Å². The van der Waals surface area contributed by atoms with Gasteiger partial charge in [0.25, 0.3) is 5.91 Å². The molecule has 0 aromatic heterocycles. The molecule has 2 amide bonds. The Morgan fingerprint density at radius 2 is 2.00 bits per heavy atom. The van der Waals surface area contributed by atoms with Crippen molar-refractivity contribution >= 4 is 24.2 Å². The Morgan fingerprint density at radius 3 is 2.65 bits per heavy atom. The smallest absolute Gasteiger partial charge is 0.251 e. The van der Waals surface area contributed by atoms with Crippen molar-refractivity contribution in [2.45, 2.75) is 0 Å². The van der Waals surface area contributed by atoms with Gasteiger partial charge in [0.05, 0.1) is 6.54 Å². The van der Waals surface area contributed by atoms with Gasteiger partial charge in [-0.3, -0.25) is 9.59 Å². The highest BCUT2D eigenvalue weighted by Gasteiger charge is 2.16. The van der Waals surface area contributed by atoms with Crippen LogP contribution in [0.3, 0.4) is 0 Å². The number of nitrogens with zero attached hydrogens (tertiary/aromatic N) is 1. The van der Waals surface area contributed by atoms with Gasteiger partial charge in [-0.1, -0.05) is 6.07 Å². The Hall–Kier alpha value is -1.66. The number of hydrogen-bond donors (Lipinski definition) is 2. The molecule has 0 aliphatic carbocycles. The predicted octanol–water partition coefficient (Wildman–Crippen LogP) is 0.409. The molecule has 1 fully saturated rings. The molecule has 1 aliphatic rings. The molecule has 0 spiro atoms. The first-order chi connectivity index (χ1) is 9.16. The average Bonchev–Trinajstić information content (AvgIpc) is 2.45. The van der Waals surface area contributed by atoms with Crippen molar-refractivity contribution in [1.82, 2.24) is 15.5 Å². The first-order valence-electron chi connectivity index (χ1n) is 6.19. The highest BCUT2D eigenvalue weighted by Crippen LogP contribution is 2.03. The van der Waals surface area contributed by atoms with Crippen LogP contribution in [0.15, 0.2) is 24.3 Å². The molecule has 1 saturated heterocycles. The van der Waals surface area contributed by atoms with Crippen molar-refractivity contribution < 1.29 is 14.0 Å². The van der Waals surface area contributed by atoms with Gasteiger partial charge in [0.15, 0.2) is 0 Å². The van der Waals surface area contributed by atoms with Crippen molar-refractivity contribution in [1.29, 1.82) is 0 Å². The number of rotatable bonds is 3. The van der Waals surface area contributed by atoms with Crippen molar-refractivity contribution in [3.05, 3.63) is 35.6 Å². The minimum atomic E-state index is -0.471. The summed E-state index contributed by atoms with van der Waals surface area (Å²) in [5.74, 6) is -1.03. The molecule has 1 aromatic carbocycles. The van der Waals surface area contributed by atoms with Gasteiger partial charge < -0.3 is 15.5 Å². The maximum absolute atomic E-state index is 13.0. The third kappa shape index (κ3) is 4.47. The summed E-state index contributed by atoms with van der Waals surface area (Å²) in [6, 6.07) is 5.38. The van der Waals surface area contributed by atoms with E-state index in [9.17, 15) is 14.0 Å². The number of benzene rings is 1. The van der Waals surface area contributed by atoms with Crippen molar-refractivity contribution in [3.8, 4) is 0 Å². The van der Waals surface area contributed by atoms with E-state index in [1.807, 2.05) is 0 Å². The van der Waals surface area contributed by atoms with Gasteiger partial charge in [0.1, 0.15) is 5.82 Å². The summed E-state index contributed by atoms with van der Waals surface area (Å²) in [7, 11) is 0. The standard InChI is InChI=1S/C13H16FN3O2.ClH/c14-11-3-1-2-10(8-11)13(19)16-9-12(18)17-6-4-15-5-7-17;/h1-3,8,15H,4-7,9H2,(H,16,19);1H. The van der Waals surface area contributed by atoms with Crippen LogP contribution in [0.1, 0.15) is 10.4 Å². The SMILES string of the molecule is Cl.O=C(NCC(=O)N1CCNCC1)c1cccc(F)c1. The topological polar surface area (TPSA) is 61.4 Å². The lowest BCUT2D eigenvalue weighted by molar-refractivity contribution is -0.130. The summed E-state index contributed by atoms with van der Waals surface area (Å²) >= 11 is 0. The van der Waals surface area contributed by atoms with Gasteiger partial charge in [-0.2, -0.15) is 0 Å². The van der Waals surface area contributed by atoms with Gasteiger partial charge in [0, 0.05) is 31.7 Å². The molecule has 2 N–H and O–H groups in total. The van der Waals surface area contributed by atoms with E-state index < -0.39 is 11.7 Å². The molecule has 0 unspecified atom stereocenters. The summed E-state index contributed by atoms with van der Waals surface area (Å²) in [6.45, 7) is 2.77. The zero-order valence-corrected chi connectivity index (χ0v) is 11.7. The summed E-state index contributed by atoms with van der Waals surface area (Å²) in [5.41, 5.74) is 0.216. The fourth-order valence-electron chi connectivity index (χ4n) is 1.91. The molecule has 1 heterocycles. The lowest BCUT2D eigenvalue weighted by Crippen LogP contribution is -2.49.